The molecule has 59 heavy (non-hydrogen) atoms. The number of anilines is 3. The molecule has 0 fully saturated rings. The Balaban J connectivity index is 1.04. The largest absolute Gasteiger partial charge is 0.455 e. The van der Waals surface area contributed by atoms with Crippen LogP contribution in [0.1, 0.15) is 25.0 Å². The maximum Gasteiger partial charge on any atom is 0.167 e. The van der Waals surface area contributed by atoms with Gasteiger partial charge in [-0.05, 0) is 81.9 Å². The maximum absolute atomic E-state index is 6.74. The van der Waals surface area contributed by atoms with Crippen LogP contribution in [0.5, 0.6) is 0 Å². The van der Waals surface area contributed by atoms with Crippen molar-refractivity contribution in [1.29, 1.82) is 0 Å². The molecule has 0 aliphatic heterocycles. The Morgan fingerprint density at radius 3 is 1.64 bits per heavy atom. The molecule has 280 valence electrons. The second-order valence-electron chi connectivity index (χ2n) is 15.6. The fourth-order valence-electron chi connectivity index (χ4n) is 8.82. The van der Waals surface area contributed by atoms with Gasteiger partial charge < -0.3 is 9.32 Å². The average molecular weight is 759 g/mol. The molecule has 0 amide bonds. The topological polar surface area (TPSA) is 55.1 Å². The van der Waals surface area contributed by atoms with Crippen molar-refractivity contribution in [1.82, 2.24) is 15.0 Å². The van der Waals surface area contributed by atoms with Crippen LogP contribution in [0.2, 0.25) is 0 Å². The predicted molar refractivity (Wildman–Crippen MR) is 241 cm³/mol. The summed E-state index contributed by atoms with van der Waals surface area (Å²) in [5.74, 6) is 1.78. The highest BCUT2D eigenvalue weighted by Crippen LogP contribution is 2.51. The van der Waals surface area contributed by atoms with Gasteiger partial charge in [0.1, 0.15) is 11.2 Å². The minimum absolute atomic E-state index is 0.105. The zero-order valence-electron chi connectivity index (χ0n) is 32.7. The quantitative estimate of drug-likeness (QED) is 0.162. The van der Waals surface area contributed by atoms with Gasteiger partial charge in [-0.15, -0.1) is 0 Å². The van der Waals surface area contributed by atoms with Crippen molar-refractivity contribution in [2.45, 2.75) is 19.3 Å². The van der Waals surface area contributed by atoms with Gasteiger partial charge >= 0.3 is 0 Å². The molecule has 1 aliphatic carbocycles. The molecule has 5 heteroatoms. The van der Waals surface area contributed by atoms with Crippen molar-refractivity contribution in [3.8, 4) is 56.4 Å². The van der Waals surface area contributed by atoms with Gasteiger partial charge in [0.15, 0.2) is 17.5 Å². The Hall–Kier alpha value is -7.63. The van der Waals surface area contributed by atoms with Crippen LogP contribution >= 0.6 is 0 Å². The van der Waals surface area contributed by atoms with Crippen molar-refractivity contribution < 1.29 is 4.42 Å². The maximum atomic E-state index is 6.74. The normalized spacial score (nSPS) is 12.7. The second kappa shape index (κ2) is 13.8. The summed E-state index contributed by atoms with van der Waals surface area (Å²) in [6, 6.07) is 67.9. The molecule has 5 nitrogen and oxygen atoms in total. The summed E-state index contributed by atoms with van der Waals surface area (Å²) in [5.41, 5.74) is 14.9. The van der Waals surface area contributed by atoms with Crippen LogP contribution in [0.15, 0.2) is 199 Å². The molecule has 0 spiro atoms. The Labute approximate surface area is 342 Å². The van der Waals surface area contributed by atoms with Gasteiger partial charge in [-0.3, -0.25) is 0 Å². The lowest BCUT2D eigenvalue weighted by atomic mass is 9.82. The number of furan rings is 1. The number of hydrogen-bond acceptors (Lipinski definition) is 5. The lowest BCUT2D eigenvalue weighted by Gasteiger charge is -2.28. The summed E-state index contributed by atoms with van der Waals surface area (Å²) >= 11 is 0. The SMILES string of the molecule is CC1(C)c2ccccc2-c2ccc(N(c3ccccc3)c3ccc(-c4ccc(-c5nc(-c6ccccc6)nc(-c6ccccc6)n5)c5oc6ccccc6c45)cc3)cc21. The standard InChI is InChI=1S/C54H38N4O/c1-54(2)46-24-14-12-22-42(46)43-31-30-40(34-47(43)54)58(38-20-10-5-11-21-38)39-28-26-35(27-29-39)41-32-33-45(50-49(41)44-23-13-15-25-48(44)59-50)53-56-51(36-16-6-3-7-17-36)55-52(57-53)37-18-8-4-9-19-37/h3-34H,1-2H3. The van der Waals surface area contributed by atoms with Gasteiger partial charge in [-0.2, -0.15) is 0 Å². The molecule has 2 heterocycles. The van der Waals surface area contributed by atoms with Gasteiger partial charge in [0.25, 0.3) is 0 Å². The van der Waals surface area contributed by atoms with Gasteiger partial charge in [0.05, 0.1) is 5.56 Å². The van der Waals surface area contributed by atoms with Crippen LogP contribution in [0.25, 0.3) is 78.4 Å². The fraction of sp³-hybridized carbons (Fsp3) is 0.0556. The highest BCUT2D eigenvalue weighted by Gasteiger charge is 2.35. The van der Waals surface area contributed by atoms with Crippen LogP contribution < -0.4 is 4.90 Å². The van der Waals surface area contributed by atoms with E-state index < -0.39 is 0 Å². The fourth-order valence-corrected chi connectivity index (χ4v) is 8.82. The van der Waals surface area contributed by atoms with Gasteiger partial charge in [0, 0.05) is 44.4 Å². The molecule has 0 N–H and O–H groups in total. The summed E-state index contributed by atoms with van der Waals surface area (Å²) in [7, 11) is 0. The number of rotatable bonds is 7. The third-order valence-corrected chi connectivity index (χ3v) is 11.7. The smallest absolute Gasteiger partial charge is 0.167 e. The lowest BCUT2D eigenvalue weighted by Crippen LogP contribution is -2.16. The first-order valence-corrected chi connectivity index (χ1v) is 20.0. The molecular formula is C54H38N4O. The number of benzene rings is 8. The molecular weight excluding hydrogens is 721 g/mol. The monoisotopic (exact) mass is 758 g/mol. The van der Waals surface area contributed by atoms with Crippen molar-refractivity contribution >= 4 is 39.0 Å². The zero-order valence-corrected chi connectivity index (χ0v) is 32.7. The molecule has 1 aliphatic rings. The first-order chi connectivity index (χ1) is 29.0. The Morgan fingerprint density at radius 1 is 0.407 bits per heavy atom. The summed E-state index contributed by atoms with van der Waals surface area (Å²) in [6.45, 7) is 4.67. The molecule has 0 bridgehead atoms. The third kappa shape index (κ3) is 5.81. The number of aromatic nitrogens is 3. The highest BCUT2D eigenvalue weighted by atomic mass is 16.3. The molecule has 0 saturated carbocycles. The van der Waals surface area contributed by atoms with E-state index in [4.69, 9.17) is 19.4 Å². The van der Waals surface area contributed by atoms with Crippen LogP contribution in [-0.4, -0.2) is 15.0 Å². The van der Waals surface area contributed by atoms with E-state index in [9.17, 15) is 0 Å². The lowest BCUT2D eigenvalue weighted by molar-refractivity contribution is 0.660. The van der Waals surface area contributed by atoms with Crippen LogP contribution in [0, 0.1) is 0 Å². The van der Waals surface area contributed by atoms with Crippen LogP contribution in [0.3, 0.4) is 0 Å². The predicted octanol–water partition coefficient (Wildman–Crippen LogP) is 14.2. The van der Waals surface area contributed by atoms with E-state index in [1.54, 1.807) is 0 Å². The van der Waals surface area contributed by atoms with Crippen molar-refractivity contribution in [3.63, 3.8) is 0 Å². The van der Waals surface area contributed by atoms with Gasteiger partial charge in [-0.1, -0.05) is 159 Å². The minimum atomic E-state index is -0.105. The average Bonchev–Trinajstić information content (AvgIpc) is 3.80. The molecule has 8 aromatic carbocycles. The molecule has 11 rings (SSSR count). The molecule has 0 unspecified atom stereocenters. The molecule has 2 aromatic heterocycles. The first kappa shape index (κ1) is 34.6. The van der Waals surface area contributed by atoms with E-state index in [1.165, 1.54) is 22.3 Å². The molecule has 10 aromatic rings. The molecule has 0 radical (unpaired) electrons. The summed E-state index contributed by atoms with van der Waals surface area (Å²) in [4.78, 5) is 17.4. The first-order valence-electron chi connectivity index (χ1n) is 20.0. The van der Waals surface area contributed by atoms with Gasteiger partial charge in [-0.25, -0.2) is 15.0 Å². The van der Waals surface area contributed by atoms with E-state index in [2.05, 4.69) is 140 Å². The zero-order chi connectivity index (χ0) is 39.5. The van der Waals surface area contributed by atoms with Crippen molar-refractivity contribution in [2.24, 2.45) is 0 Å². The molecule has 0 atom stereocenters. The Bertz CT molecular complexity index is 3120. The Kier molecular flexibility index (Phi) is 8.09. The highest BCUT2D eigenvalue weighted by molar-refractivity contribution is 6.16. The second-order valence-corrected chi connectivity index (χ2v) is 15.6. The molecule has 0 saturated heterocycles. The summed E-state index contributed by atoms with van der Waals surface area (Å²) < 4.78 is 6.74. The number of hydrogen-bond donors (Lipinski definition) is 0. The van der Waals surface area contributed by atoms with Crippen molar-refractivity contribution in [2.75, 3.05) is 4.90 Å². The van der Waals surface area contributed by atoms with Crippen LogP contribution in [-0.2, 0) is 5.41 Å². The number of para-hydroxylation sites is 2. The number of fused-ring (bicyclic) bond motifs is 6. The van der Waals surface area contributed by atoms with Crippen LogP contribution in [0.4, 0.5) is 17.1 Å². The van der Waals surface area contributed by atoms with Crippen molar-refractivity contribution in [3.05, 3.63) is 205 Å². The summed E-state index contributed by atoms with van der Waals surface area (Å²) in [5, 5.41) is 2.06. The summed E-state index contributed by atoms with van der Waals surface area (Å²) in [6.07, 6.45) is 0. The van der Waals surface area contributed by atoms with E-state index in [-0.39, 0.29) is 5.41 Å². The minimum Gasteiger partial charge on any atom is -0.455 e. The van der Waals surface area contributed by atoms with E-state index in [1.807, 2.05) is 72.8 Å². The van der Waals surface area contributed by atoms with E-state index >= 15 is 0 Å². The number of nitrogens with zero attached hydrogens (tertiary/aromatic N) is 4. The third-order valence-electron chi connectivity index (χ3n) is 11.7. The Morgan fingerprint density at radius 2 is 0.932 bits per heavy atom. The van der Waals surface area contributed by atoms with Gasteiger partial charge in [0.2, 0.25) is 0 Å². The van der Waals surface area contributed by atoms with E-state index in [0.717, 1.165) is 66.8 Å². The van der Waals surface area contributed by atoms with E-state index in [0.29, 0.717) is 17.5 Å².